The molecule has 6 nitrogen and oxygen atoms in total. The number of ether oxygens (including phenoxy) is 2. The van der Waals surface area contributed by atoms with Crippen LogP contribution in [0.4, 0.5) is 0 Å². The molecule has 1 heterocycles. The van der Waals surface area contributed by atoms with E-state index in [1.165, 1.54) is 0 Å². The van der Waals surface area contributed by atoms with Gasteiger partial charge in [-0.05, 0) is 38.1 Å². The summed E-state index contributed by atoms with van der Waals surface area (Å²) in [5, 5.41) is 0. The Morgan fingerprint density at radius 1 is 0.867 bits per heavy atom. The third kappa shape index (κ3) is 4.99. The van der Waals surface area contributed by atoms with Crippen molar-refractivity contribution in [1.29, 1.82) is 0 Å². The Kier molecular flexibility index (Phi) is 7.44. The molecule has 0 N–H and O–H groups in total. The van der Waals surface area contributed by atoms with Crippen molar-refractivity contribution in [1.82, 2.24) is 9.55 Å². The summed E-state index contributed by atoms with van der Waals surface area (Å²) in [6, 6.07) is 15.2. The molecule has 0 bridgehead atoms. The molecule has 0 atom stereocenters. The molecule has 8 heteroatoms. The second-order valence-corrected chi connectivity index (χ2v) is 8.09. The van der Waals surface area contributed by atoms with E-state index in [1.807, 2.05) is 48.5 Å². The van der Waals surface area contributed by atoms with Crippen molar-refractivity contribution >= 4 is 43.8 Å². The topological polar surface area (TPSA) is 70.4 Å². The molecule has 3 rings (SSSR count). The fraction of sp³-hybridized carbons (Fsp3) is 0.227. The molecular formula is C22H20Br2N2O4. The summed E-state index contributed by atoms with van der Waals surface area (Å²) in [4.78, 5) is 29.6. The summed E-state index contributed by atoms with van der Waals surface area (Å²) in [6.07, 6.45) is 0. The monoisotopic (exact) mass is 534 g/mol. The number of imidazole rings is 1. The van der Waals surface area contributed by atoms with Crippen LogP contribution in [0.1, 0.15) is 24.5 Å². The van der Waals surface area contributed by atoms with Crippen molar-refractivity contribution < 1.29 is 19.1 Å². The smallest absolute Gasteiger partial charge is 0.374 e. The van der Waals surface area contributed by atoms with Crippen molar-refractivity contribution in [3.63, 3.8) is 0 Å². The molecule has 0 aliphatic carbocycles. The molecule has 156 valence electrons. The largest absolute Gasteiger partial charge is 0.465 e. The van der Waals surface area contributed by atoms with Crippen LogP contribution in [-0.2, 0) is 20.8 Å². The lowest BCUT2D eigenvalue weighted by Crippen LogP contribution is -2.20. The van der Waals surface area contributed by atoms with Gasteiger partial charge in [-0.15, -0.1) is 0 Å². The number of aromatic nitrogens is 2. The van der Waals surface area contributed by atoms with E-state index in [0.717, 1.165) is 20.1 Å². The number of nitrogens with zero attached hydrogens (tertiary/aromatic N) is 2. The van der Waals surface area contributed by atoms with Gasteiger partial charge in [-0.25, -0.2) is 9.78 Å². The highest BCUT2D eigenvalue weighted by Crippen LogP contribution is 2.34. The highest BCUT2D eigenvalue weighted by Gasteiger charge is 2.26. The summed E-state index contributed by atoms with van der Waals surface area (Å²) in [6.45, 7) is 3.75. The van der Waals surface area contributed by atoms with Crippen LogP contribution < -0.4 is 0 Å². The molecule has 0 aliphatic heterocycles. The lowest BCUT2D eigenvalue weighted by Gasteiger charge is -2.12. The number of halogens is 2. The quantitative estimate of drug-likeness (QED) is 0.374. The number of rotatable bonds is 7. The Balaban J connectivity index is 2.26. The van der Waals surface area contributed by atoms with E-state index in [-0.39, 0.29) is 25.6 Å². The first-order valence-corrected chi connectivity index (χ1v) is 11.0. The van der Waals surface area contributed by atoms with E-state index in [1.54, 1.807) is 18.4 Å². The molecule has 0 spiro atoms. The van der Waals surface area contributed by atoms with Gasteiger partial charge in [-0.1, -0.05) is 56.1 Å². The molecule has 0 saturated heterocycles. The minimum absolute atomic E-state index is 0.0562. The second-order valence-electron chi connectivity index (χ2n) is 6.26. The zero-order chi connectivity index (χ0) is 21.7. The van der Waals surface area contributed by atoms with Gasteiger partial charge in [0.25, 0.3) is 0 Å². The molecule has 0 saturated carbocycles. The van der Waals surface area contributed by atoms with Gasteiger partial charge in [0.1, 0.15) is 6.54 Å². The van der Waals surface area contributed by atoms with E-state index in [4.69, 9.17) is 9.47 Å². The molecule has 30 heavy (non-hydrogen) atoms. The van der Waals surface area contributed by atoms with E-state index in [9.17, 15) is 9.59 Å². The summed E-state index contributed by atoms with van der Waals surface area (Å²) >= 11 is 6.88. The van der Waals surface area contributed by atoms with Crippen molar-refractivity contribution in [2.24, 2.45) is 0 Å². The molecule has 0 unspecified atom stereocenters. The van der Waals surface area contributed by atoms with Crippen LogP contribution in [0.15, 0.2) is 57.5 Å². The van der Waals surface area contributed by atoms with Crippen LogP contribution in [-0.4, -0.2) is 34.7 Å². The van der Waals surface area contributed by atoms with Crippen LogP contribution in [0, 0.1) is 0 Å². The Labute approximate surface area is 191 Å². The number of carbonyl (C=O) groups is 2. The van der Waals surface area contributed by atoms with Gasteiger partial charge >= 0.3 is 11.9 Å². The Hall–Kier alpha value is -2.45. The van der Waals surface area contributed by atoms with Gasteiger partial charge in [0.05, 0.1) is 24.6 Å². The van der Waals surface area contributed by atoms with Gasteiger partial charge in [0.2, 0.25) is 5.82 Å². The normalized spacial score (nSPS) is 10.7. The average molecular weight is 536 g/mol. The zero-order valence-corrected chi connectivity index (χ0v) is 19.7. The zero-order valence-electron chi connectivity index (χ0n) is 16.5. The van der Waals surface area contributed by atoms with Gasteiger partial charge in [0, 0.05) is 20.1 Å². The molecule has 2 aromatic carbocycles. The minimum Gasteiger partial charge on any atom is -0.465 e. The lowest BCUT2D eigenvalue weighted by molar-refractivity contribution is -0.143. The van der Waals surface area contributed by atoms with Gasteiger partial charge in [-0.3, -0.25) is 4.79 Å². The van der Waals surface area contributed by atoms with Gasteiger partial charge < -0.3 is 14.0 Å². The van der Waals surface area contributed by atoms with E-state index < -0.39 is 11.9 Å². The molecule has 0 aliphatic rings. The number of hydrogen-bond acceptors (Lipinski definition) is 5. The molecule has 0 radical (unpaired) electrons. The van der Waals surface area contributed by atoms with Crippen molar-refractivity contribution in [2.75, 3.05) is 13.2 Å². The van der Waals surface area contributed by atoms with E-state index >= 15 is 0 Å². The Morgan fingerprint density at radius 3 is 1.93 bits per heavy atom. The number of benzene rings is 2. The highest BCUT2D eigenvalue weighted by atomic mass is 79.9. The molecule has 0 amide bonds. The van der Waals surface area contributed by atoms with Crippen LogP contribution in [0.5, 0.6) is 0 Å². The maximum atomic E-state index is 12.7. The van der Waals surface area contributed by atoms with Crippen LogP contribution in [0.25, 0.3) is 22.5 Å². The third-order valence-corrected chi connectivity index (χ3v) is 5.31. The van der Waals surface area contributed by atoms with Crippen LogP contribution >= 0.6 is 31.9 Å². The Morgan fingerprint density at radius 2 is 1.40 bits per heavy atom. The average Bonchev–Trinajstić information content (AvgIpc) is 3.08. The summed E-state index contributed by atoms with van der Waals surface area (Å²) in [5.74, 6) is -0.995. The second kappa shape index (κ2) is 10.0. The minimum atomic E-state index is -0.594. The standard InChI is InChI=1S/C22H20Br2N2O4/c1-3-29-18(27)13-26-20(15-7-11-17(24)12-8-15)19(14-5-9-16(23)10-6-14)25-21(26)22(28)30-4-2/h5-12H,3-4,13H2,1-2H3. The summed E-state index contributed by atoms with van der Waals surface area (Å²) < 4.78 is 13.7. The third-order valence-electron chi connectivity index (χ3n) is 4.25. The number of esters is 2. The first-order chi connectivity index (χ1) is 14.4. The first kappa shape index (κ1) is 22.2. The fourth-order valence-corrected chi connectivity index (χ4v) is 3.53. The summed E-state index contributed by atoms with van der Waals surface area (Å²) in [5.41, 5.74) is 2.84. The maximum Gasteiger partial charge on any atom is 0.374 e. The van der Waals surface area contributed by atoms with Crippen molar-refractivity contribution in [2.45, 2.75) is 20.4 Å². The number of carbonyl (C=O) groups excluding carboxylic acids is 2. The SMILES string of the molecule is CCOC(=O)Cn1c(C(=O)OCC)nc(-c2ccc(Br)cc2)c1-c1ccc(Br)cc1. The van der Waals surface area contributed by atoms with Gasteiger partial charge in [0.15, 0.2) is 0 Å². The predicted octanol–water partition coefficient (Wildman–Crippen LogP) is 5.48. The number of hydrogen-bond donors (Lipinski definition) is 0. The van der Waals surface area contributed by atoms with Crippen LogP contribution in [0.3, 0.4) is 0 Å². The molecule has 1 aromatic heterocycles. The maximum absolute atomic E-state index is 12.7. The lowest BCUT2D eigenvalue weighted by atomic mass is 10.0. The van der Waals surface area contributed by atoms with Crippen molar-refractivity contribution in [3.05, 3.63) is 63.3 Å². The van der Waals surface area contributed by atoms with Crippen molar-refractivity contribution in [3.8, 4) is 22.5 Å². The van der Waals surface area contributed by atoms with Gasteiger partial charge in [-0.2, -0.15) is 0 Å². The Bertz CT molecular complexity index is 1040. The first-order valence-electron chi connectivity index (χ1n) is 9.39. The molecule has 0 fully saturated rings. The highest BCUT2D eigenvalue weighted by molar-refractivity contribution is 9.10. The summed E-state index contributed by atoms with van der Waals surface area (Å²) in [7, 11) is 0. The predicted molar refractivity (Wildman–Crippen MR) is 121 cm³/mol. The fourth-order valence-electron chi connectivity index (χ4n) is 3.00. The van der Waals surface area contributed by atoms with E-state index in [2.05, 4.69) is 36.8 Å². The van der Waals surface area contributed by atoms with Crippen LogP contribution in [0.2, 0.25) is 0 Å². The van der Waals surface area contributed by atoms with E-state index in [0.29, 0.717) is 11.4 Å². The molecule has 3 aromatic rings. The molecular weight excluding hydrogens is 516 g/mol.